The van der Waals surface area contributed by atoms with Gasteiger partial charge in [0.25, 0.3) is 0 Å². The van der Waals surface area contributed by atoms with E-state index in [1.54, 1.807) is 0 Å². The van der Waals surface area contributed by atoms with Crippen molar-refractivity contribution in [3.8, 4) is 0 Å². The van der Waals surface area contributed by atoms with E-state index in [0.717, 1.165) is 6.92 Å². The van der Waals surface area contributed by atoms with Gasteiger partial charge in [0, 0.05) is 25.0 Å². The first-order valence-electron chi connectivity index (χ1n) is 5.31. The zero-order valence-electron chi connectivity index (χ0n) is 9.70. The molecule has 0 amide bonds. The van der Waals surface area contributed by atoms with Crippen molar-refractivity contribution in [2.45, 2.75) is 44.6 Å². The van der Waals surface area contributed by atoms with E-state index in [1.165, 1.54) is 17.0 Å². The summed E-state index contributed by atoms with van der Waals surface area (Å²) >= 11 is 0. The van der Waals surface area contributed by atoms with Crippen LogP contribution in [0, 0.1) is 0 Å². The van der Waals surface area contributed by atoms with Crippen LogP contribution >= 0.6 is 0 Å². The predicted molar refractivity (Wildman–Crippen MR) is 56.1 cm³/mol. The van der Waals surface area contributed by atoms with Crippen LogP contribution < -0.4 is 5.73 Å². The third kappa shape index (κ3) is 2.30. The predicted octanol–water partition coefficient (Wildman–Crippen LogP) is 1.39. The van der Waals surface area contributed by atoms with Gasteiger partial charge in [0.15, 0.2) is 5.82 Å². The summed E-state index contributed by atoms with van der Waals surface area (Å²) in [6, 6.07) is -1.50. The molecule has 2 atom stereocenters. The summed E-state index contributed by atoms with van der Waals surface area (Å²) < 4.78 is 40.1. The van der Waals surface area contributed by atoms with Crippen molar-refractivity contribution >= 4 is 0 Å². The molecule has 3 N–H and O–H groups in total. The Balaban J connectivity index is 3.28. The van der Waals surface area contributed by atoms with Gasteiger partial charge in [-0.05, 0) is 13.3 Å². The second-order valence-corrected chi connectivity index (χ2v) is 4.00. The monoisotopic (exact) mass is 251 g/mol. The lowest BCUT2D eigenvalue weighted by molar-refractivity contribution is -0.276. The molecule has 1 aromatic rings. The molecule has 0 radical (unpaired) electrons. The molecule has 2 unspecified atom stereocenters. The van der Waals surface area contributed by atoms with Crippen molar-refractivity contribution in [3.05, 3.63) is 18.2 Å². The molecule has 0 aliphatic heterocycles. The number of aliphatic hydroxyl groups is 1. The van der Waals surface area contributed by atoms with E-state index >= 15 is 0 Å². The molecule has 1 rings (SSSR count). The topological polar surface area (TPSA) is 64.1 Å². The average molecular weight is 251 g/mol. The second kappa shape index (κ2) is 4.66. The summed E-state index contributed by atoms with van der Waals surface area (Å²) in [6.45, 7) is 3.28. The van der Waals surface area contributed by atoms with Crippen molar-refractivity contribution in [1.29, 1.82) is 0 Å². The smallest absolute Gasteiger partial charge is 0.373 e. The maximum atomic E-state index is 13.0. The SMILES string of the molecule is CCCn1ccnc1C(O)(C(C)N)C(F)(F)F. The molecular formula is C10H16F3N3O. The lowest BCUT2D eigenvalue weighted by atomic mass is 9.94. The summed E-state index contributed by atoms with van der Waals surface area (Å²) in [6.07, 6.45) is -1.60. The van der Waals surface area contributed by atoms with Gasteiger partial charge in [0.2, 0.25) is 5.60 Å². The van der Waals surface area contributed by atoms with E-state index in [9.17, 15) is 18.3 Å². The summed E-state index contributed by atoms with van der Waals surface area (Å²) in [5.74, 6) is -0.457. The number of aromatic nitrogens is 2. The number of nitrogens with zero attached hydrogens (tertiary/aromatic N) is 2. The van der Waals surface area contributed by atoms with Crippen molar-refractivity contribution < 1.29 is 18.3 Å². The number of hydrogen-bond acceptors (Lipinski definition) is 3. The molecule has 98 valence electrons. The van der Waals surface area contributed by atoms with Crippen LogP contribution in [0.25, 0.3) is 0 Å². The van der Waals surface area contributed by atoms with Crippen molar-refractivity contribution in [3.63, 3.8) is 0 Å². The van der Waals surface area contributed by atoms with Gasteiger partial charge in [-0.1, -0.05) is 6.92 Å². The second-order valence-electron chi connectivity index (χ2n) is 4.00. The molecule has 0 aliphatic rings. The van der Waals surface area contributed by atoms with E-state index in [-0.39, 0.29) is 0 Å². The Labute approximate surface area is 97.3 Å². The Hall–Kier alpha value is -1.08. The highest BCUT2D eigenvalue weighted by Gasteiger charge is 2.60. The highest BCUT2D eigenvalue weighted by molar-refractivity contribution is 5.12. The van der Waals surface area contributed by atoms with Gasteiger partial charge in [-0.2, -0.15) is 13.2 Å². The highest BCUT2D eigenvalue weighted by Crippen LogP contribution is 2.40. The fourth-order valence-electron chi connectivity index (χ4n) is 1.66. The standard InChI is InChI=1S/C10H16F3N3O/c1-3-5-16-6-4-15-8(16)9(17,7(2)14)10(11,12)13/h4,6-7,17H,3,5,14H2,1-2H3. The average Bonchev–Trinajstić information content (AvgIpc) is 2.63. The highest BCUT2D eigenvalue weighted by atomic mass is 19.4. The van der Waals surface area contributed by atoms with Gasteiger partial charge < -0.3 is 15.4 Å². The number of rotatable bonds is 4. The molecular weight excluding hydrogens is 235 g/mol. The minimum absolute atomic E-state index is 0.348. The minimum atomic E-state index is -4.86. The maximum Gasteiger partial charge on any atom is 0.426 e. The Morgan fingerprint density at radius 1 is 1.53 bits per heavy atom. The Morgan fingerprint density at radius 2 is 2.12 bits per heavy atom. The normalized spacial score (nSPS) is 17.8. The summed E-state index contributed by atoms with van der Waals surface area (Å²) in [4.78, 5) is 3.61. The first-order chi connectivity index (χ1) is 7.75. The largest absolute Gasteiger partial charge is 0.426 e. The van der Waals surface area contributed by atoms with Crippen molar-refractivity contribution in [2.24, 2.45) is 5.73 Å². The molecule has 1 aromatic heterocycles. The summed E-state index contributed by atoms with van der Waals surface area (Å²) in [7, 11) is 0. The number of imidazole rings is 1. The molecule has 0 saturated heterocycles. The number of aryl methyl sites for hydroxylation is 1. The molecule has 0 fully saturated rings. The van der Waals surface area contributed by atoms with Gasteiger partial charge in [0.1, 0.15) is 0 Å². The lowest BCUT2D eigenvalue weighted by Gasteiger charge is -2.33. The van der Waals surface area contributed by atoms with Crippen LogP contribution in [0.15, 0.2) is 12.4 Å². The van der Waals surface area contributed by atoms with Crippen molar-refractivity contribution in [1.82, 2.24) is 9.55 Å². The zero-order chi connectivity index (χ0) is 13.3. The number of halogens is 3. The van der Waals surface area contributed by atoms with E-state index in [0.29, 0.717) is 13.0 Å². The molecule has 0 bridgehead atoms. The number of alkyl halides is 3. The molecule has 0 spiro atoms. The minimum Gasteiger partial charge on any atom is -0.373 e. The van der Waals surface area contributed by atoms with Crippen LogP contribution in [-0.2, 0) is 12.1 Å². The molecule has 17 heavy (non-hydrogen) atoms. The van der Waals surface area contributed by atoms with E-state index in [2.05, 4.69) is 4.98 Å². The molecule has 4 nitrogen and oxygen atoms in total. The van der Waals surface area contributed by atoms with E-state index in [1.807, 2.05) is 6.92 Å². The molecule has 0 aliphatic carbocycles. The van der Waals surface area contributed by atoms with Gasteiger partial charge in [-0.15, -0.1) is 0 Å². The lowest BCUT2D eigenvalue weighted by Crippen LogP contribution is -2.55. The fraction of sp³-hybridized carbons (Fsp3) is 0.700. The Bertz CT molecular complexity index is 375. The first kappa shape index (κ1) is 14.0. The molecule has 1 heterocycles. The van der Waals surface area contributed by atoms with Crippen LogP contribution in [0.4, 0.5) is 13.2 Å². The van der Waals surface area contributed by atoms with Crippen LogP contribution in [0.2, 0.25) is 0 Å². The van der Waals surface area contributed by atoms with Gasteiger partial charge in [-0.25, -0.2) is 4.98 Å². The number of nitrogens with two attached hydrogens (primary N) is 1. The van der Waals surface area contributed by atoms with Gasteiger partial charge in [-0.3, -0.25) is 0 Å². The van der Waals surface area contributed by atoms with Gasteiger partial charge >= 0.3 is 6.18 Å². The Morgan fingerprint density at radius 3 is 2.53 bits per heavy atom. The van der Waals surface area contributed by atoms with E-state index in [4.69, 9.17) is 5.73 Å². The van der Waals surface area contributed by atoms with Crippen LogP contribution in [0.3, 0.4) is 0 Å². The molecule has 0 saturated carbocycles. The summed E-state index contributed by atoms with van der Waals surface area (Å²) in [5, 5.41) is 9.86. The molecule has 7 heteroatoms. The van der Waals surface area contributed by atoms with Crippen molar-refractivity contribution in [2.75, 3.05) is 0 Å². The zero-order valence-corrected chi connectivity index (χ0v) is 9.70. The van der Waals surface area contributed by atoms with E-state index < -0.39 is 23.6 Å². The Kier molecular flexibility index (Phi) is 3.83. The summed E-state index contributed by atoms with van der Waals surface area (Å²) in [5.41, 5.74) is 2.17. The van der Waals surface area contributed by atoms with Crippen LogP contribution in [-0.4, -0.2) is 26.9 Å². The fourth-order valence-corrected chi connectivity index (χ4v) is 1.66. The maximum absolute atomic E-state index is 13.0. The number of hydrogen-bond donors (Lipinski definition) is 2. The van der Waals surface area contributed by atoms with Crippen LogP contribution in [0.1, 0.15) is 26.1 Å². The third-order valence-electron chi connectivity index (χ3n) is 2.61. The quantitative estimate of drug-likeness (QED) is 0.850. The van der Waals surface area contributed by atoms with Crippen LogP contribution in [0.5, 0.6) is 0 Å². The van der Waals surface area contributed by atoms with Gasteiger partial charge in [0.05, 0.1) is 0 Å². The third-order valence-corrected chi connectivity index (χ3v) is 2.61. The first-order valence-corrected chi connectivity index (χ1v) is 5.31. The molecule has 0 aromatic carbocycles.